The van der Waals surface area contributed by atoms with Gasteiger partial charge in [-0.2, -0.15) is 0 Å². The summed E-state index contributed by atoms with van der Waals surface area (Å²) >= 11 is 17.9. The average Bonchev–Trinajstić information content (AvgIpc) is 2.77. The minimum absolute atomic E-state index is 0.00784. The second-order valence-corrected chi connectivity index (χ2v) is 5.14. The van der Waals surface area contributed by atoms with Gasteiger partial charge in [-0.15, -0.1) is 0 Å². The molecule has 0 aliphatic heterocycles. The highest BCUT2D eigenvalue weighted by Gasteiger charge is 2.16. The molecule has 0 fully saturated rings. The molecule has 1 aromatic heterocycles. The molecule has 0 aliphatic carbocycles. The van der Waals surface area contributed by atoms with Crippen molar-refractivity contribution in [3.8, 4) is 0 Å². The molecule has 1 heterocycles. The van der Waals surface area contributed by atoms with Crippen molar-refractivity contribution in [2.75, 3.05) is 7.05 Å². The summed E-state index contributed by atoms with van der Waals surface area (Å²) in [5.74, 6) is 0.776. The van der Waals surface area contributed by atoms with Crippen LogP contribution in [-0.4, -0.2) is 7.05 Å². The van der Waals surface area contributed by atoms with E-state index >= 15 is 0 Å². The van der Waals surface area contributed by atoms with E-state index in [9.17, 15) is 0 Å². The standard InChI is InChI=1S/C13H12Cl3NO/c1-17-11(12-4-5-13(16)18-12)7-8-6-9(14)2-3-10(8)15/h2-6,11,17H,7H2,1H3. The highest BCUT2D eigenvalue weighted by molar-refractivity contribution is 6.33. The van der Waals surface area contributed by atoms with Gasteiger partial charge in [0.1, 0.15) is 5.76 Å². The lowest BCUT2D eigenvalue weighted by Gasteiger charge is -2.14. The summed E-state index contributed by atoms with van der Waals surface area (Å²) in [4.78, 5) is 0. The smallest absolute Gasteiger partial charge is 0.193 e. The van der Waals surface area contributed by atoms with Crippen LogP contribution in [0.4, 0.5) is 0 Å². The van der Waals surface area contributed by atoms with Crippen LogP contribution in [0.5, 0.6) is 0 Å². The van der Waals surface area contributed by atoms with Crippen LogP contribution in [-0.2, 0) is 6.42 Å². The summed E-state index contributed by atoms with van der Waals surface area (Å²) in [6, 6.07) is 9.00. The van der Waals surface area contributed by atoms with Crippen LogP contribution >= 0.6 is 34.8 Å². The largest absolute Gasteiger partial charge is 0.448 e. The third kappa shape index (κ3) is 3.21. The molecule has 0 saturated heterocycles. The Hall–Kier alpha value is -0.670. The fourth-order valence-electron chi connectivity index (χ4n) is 1.78. The monoisotopic (exact) mass is 303 g/mol. The SMILES string of the molecule is CNC(Cc1cc(Cl)ccc1Cl)c1ccc(Cl)o1. The van der Waals surface area contributed by atoms with Gasteiger partial charge in [-0.1, -0.05) is 23.2 Å². The summed E-state index contributed by atoms with van der Waals surface area (Å²) < 4.78 is 5.41. The predicted molar refractivity (Wildman–Crippen MR) is 75.7 cm³/mol. The average molecular weight is 305 g/mol. The molecule has 0 amide bonds. The number of rotatable bonds is 4. The Bertz CT molecular complexity index is 539. The van der Waals surface area contributed by atoms with E-state index in [0.717, 1.165) is 11.3 Å². The zero-order valence-corrected chi connectivity index (χ0v) is 12.0. The molecular weight excluding hydrogens is 293 g/mol. The van der Waals surface area contributed by atoms with Crippen LogP contribution in [0.2, 0.25) is 15.3 Å². The van der Waals surface area contributed by atoms with Crippen molar-refractivity contribution in [2.24, 2.45) is 0 Å². The van der Waals surface area contributed by atoms with Gasteiger partial charge in [0.15, 0.2) is 5.22 Å². The second kappa shape index (κ2) is 5.98. The number of furan rings is 1. The lowest BCUT2D eigenvalue weighted by molar-refractivity contribution is 0.430. The van der Waals surface area contributed by atoms with E-state index < -0.39 is 0 Å². The number of likely N-dealkylation sites (N-methyl/N-ethyl adjacent to an activating group) is 1. The van der Waals surface area contributed by atoms with Crippen LogP contribution in [0, 0.1) is 0 Å². The Balaban J connectivity index is 2.22. The summed E-state index contributed by atoms with van der Waals surface area (Å²) in [5.41, 5.74) is 0.969. The Morgan fingerprint density at radius 2 is 1.94 bits per heavy atom. The van der Waals surface area contributed by atoms with Crippen molar-refractivity contribution < 1.29 is 4.42 Å². The van der Waals surface area contributed by atoms with Gasteiger partial charge < -0.3 is 9.73 Å². The first-order valence-electron chi connectivity index (χ1n) is 5.46. The number of halogens is 3. The van der Waals surface area contributed by atoms with Gasteiger partial charge in [0, 0.05) is 10.0 Å². The van der Waals surface area contributed by atoms with Gasteiger partial charge in [-0.3, -0.25) is 0 Å². The topological polar surface area (TPSA) is 25.2 Å². The van der Waals surface area contributed by atoms with Crippen molar-refractivity contribution >= 4 is 34.8 Å². The van der Waals surface area contributed by atoms with E-state index in [0.29, 0.717) is 21.7 Å². The van der Waals surface area contributed by atoms with Crippen molar-refractivity contribution in [3.63, 3.8) is 0 Å². The zero-order valence-electron chi connectivity index (χ0n) is 9.71. The van der Waals surface area contributed by atoms with Crippen molar-refractivity contribution in [3.05, 3.63) is 56.9 Å². The molecule has 2 nitrogen and oxygen atoms in total. The number of hydrogen-bond donors (Lipinski definition) is 1. The first kappa shape index (κ1) is 13.8. The molecule has 96 valence electrons. The molecule has 5 heteroatoms. The van der Waals surface area contributed by atoms with Gasteiger partial charge >= 0.3 is 0 Å². The van der Waals surface area contributed by atoms with Gasteiger partial charge in [-0.05, 0) is 61.0 Å². The van der Waals surface area contributed by atoms with E-state index in [2.05, 4.69) is 5.32 Å². The van der Waals surface area contributed by atoms with E-state index in [1.165, 1.54) is 0 Å². The third-order valence-corrected chi connectivity index (χ3v) is 3.52. The molecule has 1 aromatic carbocycles. The minimum atomic E-state index is 0.00784. The molecule has 1 unspecified atom stereocenters. The van der Waals surface area contributed by atoms with Crippen LogP contribution in [0.1, 0.15) is 17.4 Å². The number of benzene rings is 1. The molecule has 1 atom stereocenters. The third-order valence-electron chi connectivity index (χ3n) is 2.72. The van der Waals surface area contributed by atoms with E-state index in [-0.39, 0.29) is 6.04 Å². The maximum Gasteiger partial charge on any atom is 0.193 e. The quantitative estimate of drug-likeness (QED) is 0.882. The van der Waals surface area contributed by atoms with Crippen LogP contribution in [0.15, 0.2) is 34.7 Å². The van der Waals surface area contributed by atoms with Crippen LogP contribution in [0.25, 0.3) is 0 Å². The fraction of sp³-hybridized carbons (Fsp3) is 0.231. The summed E-state index contributed by atoms with van der Waals surface area (Å²) in [5, 5.41) is 4.91. The van der Waals surface area contributed by atoms with Crippen LogP contribution in [0.3, 0.4) is 0 Å². The number of nitrogens with one attached hydrogen (secondary N) is 1. The van der Waals surface area contributed by atoms with Gasteiger partial charge in [0.2, 0.25) is 0 Å². The van der Waals surface area contributed by atoms with E-state index in [1.807, 2.05) is 19.2 Å². The van der Waals surface area contributed by atoms with Crippen molar-refractivity contribution in [1.82, 2.24) is 5.32 Å². The molecule has 18 heavy (non-hydrogen) atoms. The van der Waals surface area contributed by atoms with Crippen molar-refractivity contribution in [2.45, 2.75) is 12.5 Å². The normalized spacial score (nSPS) is 12.7. The first-order valence-corrected chi connectivity index (χ1v) is 6.60. The maximum absolute atomic E-state index is 6.15. The van der Waals surface area contributed by atoms with Gasteiger partial charge in [-0.25, -0.2) is 0 Å². The highest BCUT2D eigenvalue weighted by atomic mass is 35.5. The van der Waals surface area contributed by atoms with E-state index in [4.69, 9.17) is 39.2 Å². The fourth-order valence-corrected chi connectivity index (χ4v) is 2.32. The minimum Gasteiger partial charge on any atom is -0.448 e. The zero-order chi connectivity index (χ0) is 13.1. The van der Waals surface area contributed by atoms with Gasteiger partial charge in [0.05, 0.1) is 6.04 Å². The Morgan fingerprint density at radius 1 is 1.17 bits per heavy atom. The van der Waals surface area contributed by atoms with E-state index in [1.54, 1.807) is 18.2 Å². The van der Waals surface area contributed by atoms with Gasteiger partial charge in [0.25, 0.3) is 0 Å². The van der Waals surface area contributed by atoms with Crippen LogP contribution < -0.4 is 5.32 Å². The van der Waals surface area contributed by atoms with Crippen molar-refractivity contribution in [1.29, 1.82) is 0 Å². The molecule has 0 radical (unpaired) electrons. The molecule has 1 N–H and O–H groups in total. The molecular formula is C13H12Cl3NO. The summed E-state index contributed by atoms with van der Waals surface area (Å²) in [7, 11) is 1.86. The lowest BCUT2D eigenvalue weighted by Crippen LogP contribution is -2.18. The second-order valence-electron chi connectivity index (χ2n) is 3.92. The first-order chi connectivity index (χ1) is 8.60. The molecule has 0 saturated carbocycles. The molecule has 2 rings (SSSR count). The molecule has 0 bridgehead atoms. The molecule has 0 spiro atoms. The predicted octanol–water partition coefficient (Wildman–Crippen LogP) is 4.74. The maximum atomic E-state index is 6.15. The Kier molecular flexibility index (Phi) is 4.57. The Morgan fingerprint density at radius 3 is 2.56 bits per heavy atom. The highest BCUT2D eigenvalue weighted by Crippen LogP contribution is 2.27. The lowest BCUT2D eigenvalue weighted by atomic mass is 10.0. The summed E-state index contributed by atoms with van der Waals surface area (Å²) in [6.07, 6.45) is 0.680. The molecule has 2 aromatic rings. The molecule has 0 aliphatic rings. The number of hydrogen-bond acceptors (Lipinski definition) is 2. The Labute approximate surface area is 121 Å². The summed E-state index contributed by atoms with van der Waals surface area (Å²) in [6.45, 7) is 0.